The lowest BCUT2D eigenvalue weighted by molar-refractivity contribution is 0.102. The Labute approximate surface area is 126 Å². The van der Waals surface area contributed by atoms with E-state index >= 15 is 0 Å². The Hall–Kier alpha value is -0.960. The summed E-state index contributed by atoms with van der Waals surface area (Å²) < 4.78 is 5.64. The first-order valence-corrected chi connectivity index (χ1v) is 8.61. The molecule has 0 N–H and O–H groups in total. The van der Waals surface area contributed by atoms with Crippen LogP contribution < -0.4 is 4.74 Å². The summed E-state index contributed by atoms with van der Waals surface area (Å²) in [6, 6.07) is 7.56. The second kappa shape index (κ2) is 7.72. The molecule has 1 aromatic rings. The number of hydrogen-bond acceptors (Lipinski definition) is 3. The molecule has 0 unspecified atom stereocenters. The van der Waals surface area contributed by atoms with Crippen LogP contribution in [-0.4, -0.2) is 22.9 Å². The fourth-order valence-electron chi connectivity index (χ4n) is 2.52. The minimum atomic E-state index is 0.136. The Kier molecular flexibility index (Phi) is 5.96. The van der Waals surface area contributed by atoms with Gasteiger partial charge in [0, 0.05) is 10.8 Å². The number of rotatable bonds is 6. The summed E-state index contributed by atoms with van der Waals surface area (Å²) in [7, 11) is 0. The van der Waals surface area contributed by atoms with E-state index in [0.29, 0.717) is 11.0 Å². The molecule has 1 saturated carbocycles. The Balaban J connectivity index is 1.88. The highest BCUT2D eigenvalue weighted by molar-refractivity contribution is 8.00. The third-order valence-electron chi connectivity index (χ3n) is 3.53. The van der Waals surface area contributed by atoms with Gasteiger partial charge < -0.3 is 4.74 Å². The van der Waals surface area contributed by atoms with Crippen LogP contribution in [0, 0.1) is 0 Å². The van der Waals surface area contributed by atoms with Gasteiger partial charge in [-0.15, -0.1) is 0 Å². The molecule has 2 nitrogen and oxygen atoms in total. The maximum Gasteiger partial charge on any atom is 0.172 e. The lowest BCUT2D eigenvalue weighted by atomic mass is 10.0. The Morgan fingerprint density at radius 1 is 1.30 bits per heavy atom. The maximum atomic E-state index is 12.2. The third-order valence-corrected chi connectivity index (χ3v) is 4.90. The number of thioether (sulfide) groups is 1. The molecule has 1 fully saturated rings. The van der Waals surface area contributed by atoms with Crippen LogP contribution in [0.5, 0.6) is 5.75 Å². The number of carbonyl (C=O) groups is 1. The molecule has 1 aromatic carbocycles. The van der Waals surface area contributed by atoms with Gasteiger partial charge in [0.05, 0.1) is 11.9 Å². The van der Waals surface area contributed by atoms with Gasteiger partial charge in [-0.3, -0.25) is 4.79 Å². The van der Waals surface area contributed by atoms with Crippen molar-refractivity contribution in [3.8, 4) is 5.75 Å². The fourth-order valence-corrected chi connectivity index (χ4v) is 3.74. The molecular formula is C17H24O2S. The number of ketones is 1. The number of benzene rings is 1. The van der Waals surface area contributed by atoms with Crippen LogP contribution in [0.1, 0.15) is 56.3 Å². The zero-order valence-electron chi connectivity index (χ0n) is 12.4. The zero-order chi connectivity index (χ0) is 14.4. The zero-order valence-corrected chi connectivity index (χ0v) is 13.2. The number of ether oxygens (including phenoxy) is 1. The lowest BCUT2D eigenvalue weighted by Gasteiger charge is -2.20. The second-order valence-corrected chi connectivity index (χ2v) is 6.98. The molecule has 0 aromatic heterocycles. The maximum absolute atomic E-state index is 12.2. The molecule has 1 aliphatic carbocycles. The van der Waals surface area contributed by atoms with Crippen molar-refractivity contribution in [2.45, 2.75) is 57.3 Å². The number of carbonyl (C=O) groups excluding carboxylic acids is 1. The molecule has 0 spiro atoms. The van der Waals surface area contributed by atoms with E-state index < -0.39 is 0 Å². The smallest absolute Gasteiger partial charge is 0.172 e. The number of hydrogen-bond donors (Lipinski definition) is 0. The van der Waals surface area contributed by atoms with Crippen LogP contribution in [-0.2, 0) is 0 Å². The van der Waals surface area contributed by atoms with Crippen LogP contribution in [0.25, 0.3) is 0 Å². The quantitative estimate of drug-likeness (QED) is 0.709. The highest BCUT2D eigenvalue weighted by Crippen LogP contribution is 2.28. The third kappa shape index (κ3) is 4.86. The van der Waals surface area contributed by atoms with E-state index in [4.69, 9.17) is 4.74 Å². The predicted molar refractivity (Wildman–Crippen MR) is 85.9 cm³/mol. The van der Waals surface area contributed by atoms with E-state index in [1.54, 1.807) is 0 Å². The van der Waals surface area contributed by atoms with Gasteiger partial charge in [0.1, 0.15) is 5.75 Å². The highest BCUT2D eigenvalue weighted by atomic mass is 32.2. The summed E-state index contributed by atoms with van der Waals surface area (Å²) in [5.74, 6) is 1.60. The van der Waals surface area contributed by atoms with Gasteiger partial charge in [0.25, 0.3) is 0 Å². The summed E-state index contributed by atoms with van der Waals surface area (Å²) in [6.45, 7) is 3.99. The van der Waals surface area contributed by atoms with Crippen molar-refractivity contribution in [2.24, 2.45) is 0 Å². The van der Waals surface area contributed by atoms with E-state index in [1.165, 1.54) is 32.1 Å². The van der Waals surface area contributed by atoms with E-state index in [9.17, 15) is 4.79 Å². The Morgan fingerprint density at radius 3 is 2.75 bits per heavy atom. The molecule has 0 aliphatic heterocycles. The van der Waals surface area contributed by atoms with Crippen LogP contribution in [0.3, 0.4) is 0 Å². The van der Waals surface area contributed by atoms with Gasteiger partial charge in [-0.2, -0.15) is 11.8 Å². The molecule has 3 heteroatoms. The molecule has 1 aliphatic rings. The van der Waals surface area contributed by atoms with Crippen molar-refractivity contribution < 1.29 is 9.53 Å². The molecule has 110 valence electrons. The van der Waals surface area contributed by atoms with Gasteiger partial charge in [0.15, 0.2) is 5.78 Å². The molecule has 0 atom stereocenters. The molecule has 0 bridgehead atoms. The van der Waals surface area contributed by atoms with Gasteiger partial charge in [0.2, 0.25) is 0 Å². The van der Waals surface area contributed by atoms with E-state index in [0.717, 1.165) is 11.3 Å². The average Bonchev–Trinajstić information content (AvgIpc) is 2.45. The second-order valence-electron chi connectivity index (χ2n) is 5.69. The van der Waals surface area contributed by atoms with Gasteiger partial charge in [-0.05, 0) is 38.8 Å². The van der Waals surface area contributed by atoms with E-state index in [-0.39, 0.29) is 11.9 Å². The molecule has 0 heterocycles. The molecule has 20 heavy (non-hydrogen) atoms. The predicted octanol–water partition coefficient (Wildman–Crippen LogP) is 4.72. The highest BCUT2D eigenvalue weighted by Gasteiger charge is 2.16. The normalized spacial score (nSPS) is 16.4. The van der Waals surface area contributed by atoms with Crippen molar-refractivity contribution in [1.29, 1.82) is 0 Å². The van der Waals surface area contributed by atoms with Crippen LogP contribution in [0.15, 0.2) is 24.3 Å². The van der Waals surface area contributed by atoms with E-state index in [2.05, 4.69) is 0 Å². The van der Waals surface area contributed by atoms with Crippen molar-refractivity contribution >= 4 is 17.5 Å². The molecule has 0 amide bonds. The molecule has 0 radical (unpaired) electrons. The van der Waals surface area contributed by atoms with Gasteiger partial charge in [-0.1, -0.05) is 31.4 Å². The summed E-state index contributed by atoms with van der Waals surface area (Å²) in [5, 5.41) is 0.683. The standard InChI is InChI=1S/C17H24O2S/c1-13(2)19-15-8-6-7-14(11-15)17(18)12-20-16-9-4-3-5-10-16/h6-8,11,13,16H,3-5,9-10,12H2,1-2H3. The largest absolute Gasteiger partial charge is 0.491 e. The summed E-state index contributed by atoms with van der Waals surface area (Å²) in [4.78, 5) is 12.2. The summed E-state index contributed by atoms with van der Waals surface area (Å²) in [5.41, 5.74) is 0.770. The minimum Gasteiger partial charge on any atom is -0.491 e. The Morgan fingerprint density at radius 2 is 2.05 bits per heavy atom. The van der Waals surface area contributed by atoms with Gasteiger partial charge >= 0.3 is 0 Å². The average molecular weight is 292 g/mol. The van der Waals surface area contributed by atoms with Crippen molar-refractivity contribution in [1.82, 2.24) is 0 Å². The number of Topliss-reactive ketones (excluding diaryl/α,β-unsaturated/α-hetero) is 1. The Bertz CT molecular complexity index is 436. The first-order valence-electron chi connectivity index (χ1n) is 7.56. The monoisotopic (exact) mass is 292 g/mol. The fraction of sp³-hybridized carbons (Fsp3) is 0.588. The van der Waals surface area contributed by atoms with Gasteiger partial charge in [-0.25, -0.2) is 0 Å². The van der Waals surface area contributed by atoms with Crippen molar-refractivity contribution in [3.05, 3.63) is 29.8 Å². The van der Waals surface area contributed by atoms with Crippen LogP contribution >= 0.6 is 11.8 Å². The van der Waals surface area contributed by atoms with Crippen LogP contribution in [0.2, 0.25) is 0 Å². The summed E-state index contributed by atoms with van der Waals surface area (Å²) in [6.07, 6.45) is 6.69. The summed E-state index contributed by atoms with van der Waals surface area (Å²) >= 11 is 1.83. The first kappa shape index (κ1) is 15.4. The minimum absolute atomic E-state index is 0.136. The topological polar surface area (TPSA) is 26.3 Å². The SMILES string of the molecule is CC(C)Oc1cccc(C(=O)CSC2CCCCC2)c1. The van der Waals surface area contributed by atoms with Crippen LogP contribution in [0.4, 0.5) is 0 Å². The lowest BCUT2D eigenvalue weighted by Crippen LogP contribution is -2.12. The molecule has 2 rings (SSSR count). The van der Waals surface area contributed by atoms with E-state index in [1.807, 2.05) is 49.9 Å². The molecular weight excluding hydrogens is 268 g/mol. The first-order chi connectivity index (χ1) is 9.65. The molecule has 0 saturated heterocycles. The van der Waals surface area contributed by atoms with Crippen molar-refractivity contribution in [3.63, 3.8) is 0 Å². The van der Waals surface area contributed by atoms with Crippen molar-refractivity contribution in [2.75, 3.05) is 5.75 Å².